The summed E-state index contributed by atoms with van der Waals surface area (Å²) < 4.78 is 2.84. The summed E-state index contributed by atoms with van der Waals surface area (Å²) in [5.74, 6) is -0.159. The lowest BCUT2D eigenvalue weighted by molar-refractivity contribution is -0.132. The number of rotatable bonds is 6. The van der Waals surface area contributed by atoms with Crippen LogP contribution in [0.15, 0.2) is 41.6 Å². The number of hydrogen-bond acceptors (Lipinski definition) is 5. The quantitative estimate of drug-likeness (QED) is 0.659. The van der Waals surface area contributed by atoms with Crippen molar-refractivity contribution in [3.05, 3.63) is 58.3 Å². The molecule has 0 radical (unpaired) electrons. The normalized spacial score (nSPS) is 10.7. The van der Waals surface area contributed by atoms with E-state index < -0.39 is 0 Å². The first-order chi connectivity index (χ1) is 13.0. The summed E-state index contributed by atoms with van der Waals surface area (Å²) in [6.07, 6.45) is 3.65. The van der Waals surface area contributed by atoms with Crippen LogP contribution in [0.2, 0.25) is 0 Å². The summed E-state index contributed by atoms with van der Waals surface area (Å²) in [6.45, 7) is 2.92. The second-order valence-electron chi connectivity index (χ2n) is 6.31. The zero-order valence-corrected chi connectivity index (χ0v) is 15.3. The molecule has 2 heterocycles. The Morgan fingerprint density at radius 1 is 1.30 bits per heavy atom. The van der Waals surface area contributed by atoms with Crippen LogP contribution in [-0.2, 0) is 24.9 Å². The van der Waals surface area contributed by atoms with Crippen molar-refractivity contribution >= 4 is 16.9 Å². The van der Waals surface area contributed by atoms with Gasteiger partial charge in [0.2, 0.25) is 5.91 Å². The molecule has 0 unspecified atom stereocenters. The molecule has 0 saturated carbocycles. The van der Waals surface area contributed by atoms with E-state index in [1.807, 2.05) is 19.1 Å². The van der Waals surface area contributed by atoms with Crippen LogP contribution in [0.25, 0.3) is 11.0 Å². The van der Waals surface area contributed by atoms with Gasteiger partial charge < -0.3 is 4.90 Å². The molecule has 8 heteroatoms. The molecule has 1 aromatic carbocycles. The fourth-order valence-corrected chi connectivity index (χ4v) is 2.89. The highest BCUT2D eigenvalue weighted by atomic mass is 16.2. The van der Waals surface area contributed by atoms with E-state index in [0.717, 1.165) is 12.0 Å². The number of fused-ring (bicyclic) bond motifs is 1. The third-order valence-electron chi connectivity index (χ3n) is 4.33. The highest BCUT2D eigenvalue weighted by molar-refractivity contribution is 5.77. The zero-order valence-electron chi connectivity index (χ0n) is 15.3. The summed E-state index contributed by atoms with van der Waals surface area (Å²) in [6, 6.07) is 9.21. The molecule has 0 fully saturated rings. The van der Waals surface area contributed by atoms with Crippen molar-refractivity contribution in [3.8, 4) is 6.07 Å². The maximum atomic E-state index is 12.8. The van der Waals surface area contributed by atoms with E-state index in [4.69, 9.17) is 5.26 Å². The number of carbonyl (C=O) groups is 1. The Morgan fingerprint density at radius 3 is 2.70 bits per heavy atom. The zero-order chi connectivity index (χ0) is 19.4. The lowest BCUT2D eigenvalue weighted by atomic mass is 10.1. The van der Waals surface area contributed by atoms with Crippen molar-refractivity contribution < 1.29 is 4.79 Å². The molecule has 0 aliphatic rings. The predicted octanol–water partition coefficient (Wildman–Crippen LogP) is 1.44. The van der Waals surface area contributed by atoms with Gasteiger partial charge in [-0.2, -0.15) is 10.4 Å². The molecule has 2 aromatic heterocycles. The van der Waals surface area contributed by atoms with Crippen molar-refractivity contribution in [2.75, 3.05) is 6.54 Å². The number of benzene rings is 1. The summed E-state index contributed by atoms with van der Waals surface area (Å²) in [5.41, 5.74) is 1.72. The highest BCUT2D eigenvalue weighted by Gasteiger charge is 2.16. The Balaban J connectivity index is 1.79. The Kier molecular flexibility index (Phi) is 5.31. The molecular formula is C19H20N6O2. The van der Waals surface area contributed by atoms with E-state index in [9.17, 15) is 9.59 Å². The van der Waals surface area contributed by atoms with Crippen molar-refractivity contribution in [2.45, 2.75) is 26.4 Å². The van der Waals surface area contributed by atoms with Crippen LogP contribution in [0.5, 0.6) is 0 Å². The first-order valence-electron chi connectivity index (χ1n) is 8.67. The molecule has 27 heavy (non-hydrogen) atoms. The van der Waals surface area contributed by atoms with Crippen molar-refractivity contribution in [1.82, 2.24) is 24.2 Å². The van der Waals surface area contributed by atoms with E-state index >= 15 is 0 Å². The van der Waals surface area contributed by atoms with E-state index in [1.165, 1.54) is 21.8 Å². The molecule has 3 rings (SSSR count). The number of hydrogen-bond donors (Lipinski definition) is 0. The first-order valence-corrected chi connectivity index (χ1v) is 8.67. The predicted molar refractivity (Wildman–Crippen MR) is 99.6 cm³/mol. The monoisotopic (exact) mass is 364 g/mol. The molecule has 1 amide bonds. The Bertz CT molecular complexity index is 1060. The van der Waals surface area contributed by atoms with Crippen molar-refractivity contribution in [3.63, 3.8) is 0 Å². The molecule has 0 saturated heterocycles. The van der Waals surface area contributed by atoms with Gasteiger partial charge in [-0.15, -0.1) is 0 Å². The number of aryl methyl sites for hydroxylation is 1. The standard InChI is InChI=1S/C19H20N6O2/c1-3-8-24(11-15-6-4-14(9-20)5-7-15)17(26)12-25-13-21-18-16(19(25)27)10-22-23(18)2/h4-7,10,13H,3,8,11-12H2,1-2H3. The topological polar surface area (TPSA) is 96.8 Å². The van der Waals surface area contributed by atoms with Crippen LogP contribution in [-0.4, -0.2) is 36.7 Å². The second kappa shape index (κ2) is 7.83. The summed E-state index contributed by atoms with van der Waals surface area (Å²) in [4.78, 5) is 31.3. The summed E-state index contributed by atoms with van der Waals surface area (Å²) >= 11 is 0. The molecular weight excluding hydrogens is 344 g/mol. The maximum Gasteiger partial charge on any atom is 0.264 e. The maximum absolute atomic E-state index is 12.8. The fraction of sp³-hybridized carbons (Fsp3) is 0.316. The molecule has 0 aliphatic carbocycles. The number of nitriles is 1. The van der Waals surface area contributed by atoms with E-state index in [-0.39, 0.29) is 18.0 Å². The van der Waals surface area contributed by atoms with E-state index in [1.54, 1.807) is 24.1 Å². The van der Waals surface area contributed by atoms with E-state index in [0.29, 0.717) is 29.7 Å². The summed E-state index contributed by atoms with van der Waals surface area (Å²) in [7, 11) is 1.71. The van der Waals surface area contributed by atoms with Crippen LogP contribution in [0.1, 0.15) is 24.5 Å². The minimum Gasteiger partial charge on any atom is -0.337 e. The Hall–Kier alpha value is -3.47. The molecule has 0 spiro atoms. The van der Waals surface area contributed by atoms with Gasteiger partial charge in [0.05, 0.1) is 17.8 Å². The molecule has 0 atom stereocenters. The number of nitrogens with zero attached hydrogens (tertiary/aromatic N) is 6. The lowest BCUT2D eigenvalue weighted by Gasteiger charge is -2.22. The smallest absolute Gasteiger partial charge is 0.264 e. The molecule has 138 valence electrons. The van der Waals surface area contributed by atoms with Gasteiger partial charge in [0.25, 0.3) is 5.56 Å². The molecule has 0 N–H and O–H groups in total. The second-order valence-corrected chi connectivity index (χ2v) is 6.31. The Morgan fingerprint density at radius 2 is 2.04 bits per heavy atom. The third-order valence-corrected chi connectivity index (χ3v) is 4.33. The van der Waals surface area contributed by atoms with Crippen LogP contribution in [0.3, 0.4) is 0 Å². The van der Waals surface area contributed by atoms with Gasteiger partial charge in [-0.05, 0) is 24.1 Å². The van der Waals surface area contributed by atoms with E-state index in [2.05, 4.69) is 16.2 Å². The van der Waals surface area contributed by atoms with Gasteiger partial charge >= 0.3 is 0 Å². The average Bonchev–Trinajstić information content (AvgIpc) is 3.06. The minimum atomic E-state index is -0.281. The van der Waals surface area contributed by atoms with Gasteiger partial charge in [0, 0.05) is 20.1 Å². The van der Waals surface area contributed by atoms with Crippen LogP contribution in [0, 0.1) is 11.3 Å². The third kappa shape index (κ3) is 3.87. The molecule has 3 aromatic rings. The first kappa shape index (κ1) is 18.3. The lowest BCUT2D eigenvalue weighted by Crippen LogP contribution is -2.36. The number of amides is 1. The number of aromatic nitrogens is 4. The van der Waals surface area contributed by atoms with Crippen LogP contribution < -0.4 is 5.56 Å². The Labute approximate surface area is 156 Å². The average molecular weight is 364 g/mol. The molecule has 0 aliphatic heterocycles. The molecule has 0 bridgehead atoms. The number of carbonyl (C=O) groups excluding carboxylic acids is 1. The van der Waals surface area contributed by atoms with Gasteiger partial charge in [-0.1, -0.05) is 19.1 Å². The molecule has 8 nitrogen and oxygen atoms in total. The van der Waals surface area contributed by atoms with Gasteiger partial charge in [-0.25, -0.2) is 4.98 Å². The minimum absolute atomic E-state index is 0.0764. The van der Waals surface area contributed by atoms with Crippen molar-refractivity contribution in [1.29, 1.82) is 5.26 Å². The van der Waals surface area contributed by atoms with Crippen molar-refractivity contribution in [2.24, 2.45) is 7.05 Å². The summed E-state index contributed by atoms with van der Waals surface area (Å²) in [5, 5.41) is 13.3. The largest absolute Gasteiger partial charge is 0.337 e. The van der Waals surface area contributed by atoms with Gasteiger partial charge in [0.1, 0.15) is 18.3 Å². The van der Waals surface area contributed by atoms with Crippen LogP contribution >= 0.6 is 0 Å². The SMILES string of the molecule is CCCN(Cc1ccc(C#N)cc1)C(=O)Cn1cnc2c(cnn2C)c1=O. The highest BCUT2D eigenvalue weighted by Crippen LogP contribution is 2.09. The van der Waals surface area contributed by atoms with Gasteiger partial charge in [-0.3, -0.25) is 18.8 Å². The van der Waals surface area contributed by atoms with Crippen LogP contribution in [0.4, 0.5) is 0 Å². The van der Waals surface area contributed by atoms with Gasteiger partial charge in [0.15, 0.2) is 5.65 Å². The fourth-order valence-electron chi connectivity index (χ4n) is 2.89.